The quantitative estimate of drug-likeness (QED) is 0.177. The van der Waals surface area contributed by atoms with E-state index in [0.29, 0.717) is 0 Å². The van der Waals surface area contributed by atoms with Gasteiger partial charge in [-0.15, -0.1) is 0 Å². The Kier molecular flexibility index (Phi) is 6.86. The van der Waals surface area contributed by atoms with Gasteiger partial charge in [0.2, 0.25) is 0 Å². The van der Waals surface area contributed by atoms with Gasteiger partial charge in [0.05, 0.1) is 5.41 Å². The van der Waals surface area contributed by atoms with Crippen molar-refractivity contribution >= 4 is 34.1 Å². The second-order valence-corrected chi connectivity index (χ2v) is 17.5. The molecule has 1 heterocycles. The molecule has 9 aromatic rings. The predicted molar refractivity (Wildman–Crippen MR) is 248 cm³/mol. The molecular formula is C58H41NO. The van der Waals surface area contributed by atoms with Crippen LogP contribution in [-0.2, 0) is 17.3 Å². The molecule has 1 atom stereocenters. The van der Waals surface area contributed by atoms with Gasteiger partial charge in [0, 0.05) is 39.0 Å². The Hall–Kier alpha value is -7.16. The third-order valence-electron chi connectivity index (χ3n) is 14.2. The smallest absolute Gasteiger partial charge is 0.140 e. The van der Waals surface area contributed by atoms with Crippen molar-refractivity contribution in [2.45, 2.75) is 37.5 Å². The summed E-state index contributed by atoms with van der Waals surface area (Å²) in [6.45, 7) is 4.73. The molecule has 0 aliphatic heterocycles. The van der Waals surface area contributed by atoms with E-state index in [1.54, 1.807) is 0 Å². The van der Waals surface area contributed by atoms with Gasteiger partial charge in [0.1, 0.15) is 11.3 Å². The lowest BCUT2D eigenvalue weighted by molar-refractivity contribution is 0.586. The van der Waals surface area contributed by atoms with Crippen molar-refractivity contribution in [1.82, 2.24) is 0 Å². The molecule has 1 unspecified atom stereocenters. The number of furan rings is 1. The van der Waals surface area contributed by atoms with Crippen LogP contribution in [0.2, 0.25) is 0 Å². The number of benzene rings is 8. The molecule has 2 heteroatoms. The van der Waals surface area contributed by atoms with Gasteiger partial charge in [-0.3, -0.25) is 0 Å². The summed E-state index contributed by atoms with van der Waals surface area (Å²) in [5.74, 6) is 1.01. The standard InChI is InChI=1S/C58H41NO/c1-57(2)49-20-10-6-16-41(49)44-30-28-40(35-53(44)57)59(38-26-24-37(25-27-38)36-14-4-3-5-15-36)39-29-33-52-48(34-39)43-18-8-12-22-51(43)58(52)50-21-11-7-17-42(50)46-31-32-47-45-19-9-13-23-54(45)60-56(47)55(46)58/h3-8,10-18,20-35H,9,19H2,1-2H3. The summed E-state index contributed by atoms with van der Waals surface area (Å²) >= 11 is 0. The molecule has 4 aliphatic rings. The number of fused-ring (bicyclic) bond motifs is 17. The van der Waals surface area contributed by atoms with E-state index >= 15 is 0 Å². The maximum atomic E-state index is 6.98. The first-order valence-electron chi connectivity index (χ1n) is 21.3. The maximum Gasteiger partial charge on any atom is 0.140 e. The van der Waals surface area contributed by atoms with E-state index in [1.165, 1.54) is 88.8 Å². The van der Waals surface area contributed by atoms with E-state index in [0.717, 1.165) is 41.2 Å². The lowest BCUT2D eigenvalue weighted by Crippen LogP contribution is -2.26. The van der Waals surface area contributed by atoms with Gasteiger partial charge in [0.25, 0.3) is 0 Å². The van der Waals surface area contributed by atoms with E-state index in [-0.39, 0.29) is 5.41 Å². The van der Waals surface area contributed by atoms with Crippen LogP contribution in [-0.4, -0.2) is 0 Å². The van der Waals surface area contributed by atoms with E-state index in [4.69, 9.17) is 4.42 Å². The van der Waals surface area contributed by atoms with Crippen LogP contribution in [0.4, 0.5) is 17.1 Å². The summed E-state index contributed by atoms with van der Waals surface area (Å²) in [4.78, 5) is 2.46. The fourth-order valence-electron chi connectivity index (χ4n) is 11.5. The first-order valence-corrected chi connectivity index (χ1v) is 21.3. The summed E-state index contributed by atoms with van der Waals surface area (Å²) in [7, 11) is 0. The van der Waals surface area contributed by atoms with Crippen molar-refractivity contribution in [2.24, 2.45) is 0 Å². The van der Waals surface area contributed by atoms with Crippen LogP contribution in [0.3, 0.4) is 0 Å². The lowest BCUT2D eigenvalue weighted by atomic mass is 9.70. The molecule has 0 saturated heterocycles. The largest absolute Gasteiger partial charge is 0.456 e. The molecule has 0 fully saturated rings. The Morgan fingerprint density at radius 2 is 1.03 bits per heavy atom. The van der Waals surface area contributed by atoms with E-state index in [1.807, 2.05) is 0 Å². The van der Waals surface area contributed by atoms with Crippen LogP contribution in [0, 0.1) is 0 Å². The van der Waals surface area contributed by atoms with Crippen molar-refractivity contribution in [3.63, 3.8) is 0 Å². The van der Waals surface area contributed by atoms with Crippen molar-refractivity contribution < 1.29 is 4.42 Å². The van der Waals surface area contributed by atoms with Crippen LogP contribution < -0.4 is 4.90 Å². The lowest BCUT2D eigenvalue weighted by Gasteiger charge is -2.31. The molecule has 0 saturated carbocycles. The summed E-state index contributed by atoms with van der Waals surface area (Å²) in [6.07, 6.45) is 6.47. The Balaban J connectivity index is 1.05. The Bertz CT molecular complexity index is 3290. The van der Waals surface area contributed by atoms with Crippen molar-refractivity contribution in [3.8, 4) is 44.5 Å². The second kappa shape index (κ2) is 12.2. The van der Waals surface area contributed by atoms with Gasteiger partial charge in [-0.2, -0.15) is 0 Å². The molecule has 60 heavy (non-hydrogen) atoms. The number of anilines is 3. The second-order valence-electron chi connectivity index (χ2n) is 17.5. The Labute approximate surface area is 350 Å². The molecule has 1 spiro atoms. The third kappa shape index (κ3) is 4.38. The number of hydrogen-bond acceptors (Lipinski definition) is 2. The fourth-order valence-corrected chi connectivity index (χ4v) is 11.5. The number of aryl methyl sites for hydroxylation is 1. The van der Waals surface area contributed by atoms with Crippen molar-refractivity contribution in [2.75, 3.05) is 4.90 Å². The van der Waals surface area contributed by atoms with Crippen LogP contribution in [0.5, 0.6) is 0 Å². The fraction of sp³-hybridized carbons (Fsp3) is 0.103. The summed E-state index contributed by atoms with van der Waals surface area (Å²) < 4.78 is 6.98. The first kappa shape index (κ1) is 33.8. The van der Waals surface area contributed by atoms with E-state index in [9.17, 15) is 0 Å². The zero-order valence-electron chi connectivity index (χ0n) is 33.7. The third-order valence-corrected chi connectivity index (χ3v) is 14.2. The van der Waals surface area contributed by atoms with Crippen LogP contribution in [0.15, 0.2) is 186 Å². The van der Waals surface area contributed by atoms with Gasteiger partial charge in [0.15, 0.2) is 0 Å². The summed E-state index contributed by atoms with van der Waals surface area (Å²) in [5.41, 5.74) is 23.2. The predicted octanol–water partition coefficient (Wildman–Crippen LogP) is 15.2. The number of nitrogens with zero attached hydrogens (tertiary/aromatic N) is 1. The number of allylic oxidation sites excluding steroid dienone is 1. The molecule has 2 nitrogen and oxygen atoms in total. The number of hydrogen-bond donors (Lipinski definition) is 0. The molecule has 1 aromatic heterocycles. The molecule has 0 bridgehead atoms. The molecule has 0 radical (unpaired) electrons. The van der Waals surface area contributed by atoms with Crippen molar-refractivity contribution in [3.05, 3.63) is 227 Å². The minimum Gasteiger partial charge on any atom is -0.456 e. The zero-order valence-corrected chi connectivity index (χ0v) is 33.7. The SMILES string of the molecule is CC1(C)c2ccccc2-c2ccc(N(c3ccc(-c4ccccc4)cc3)c3ccc4c(c3)-c3ccccc3C43c4ccccc4-c4ccc5c6c(oc5c43)C=CCC6)cc21. The van der Waals surface area contributed by atoms with Gasteiger partial charge in [-0.05, 0) is 128 Å². The molecule has 0 N–H and O–H groups in total. The summed E-state index contributed by atoms with van der Waals surface area (Å²) in [5, 5.41) is 1.25. The minimum atomic E-state index is -0.522. The first-order chi connectivity index (χ1) is 29.5. The summed E-state index contributed by atoms with van der Waals surface area (Å²) in [6, 6.07) is 65.9. The molecular weight excluding hydrogens is 727 g/mol. The average Bonchev–Trinajstić information content (AvgIpc) is 3.99. The topological polar surface area (TPSA) is 16.4 Å². The van der Waals surface area contributed by atoms with E-state index in [2.05, 4.69) is 207 Å². The van der Waals surface area contributed by atoms with Crippen LogP contribution in [0.1, 0.15) is 65.0 Å². The monoisotopic (exact) mass is 767 g/mol. The number of rotatable bonds is 4. The molecule has 4 aliphatic carbocycles. The molecule has 13 rings (SSSR count). The van der Waals surface area contributed by atoms with Crippen LogP contribution in [0.25, 0.3) is 61.6 Å². The highest BCUT2D eigenvalue weighted by Crippen LogP contribution is 2.65. The van der Waals surface area contributed by atoms with Gasteiger partial charge in [-0.25, -0.2) is 0 Å². The normalized spacial score (nSPS) is 16.8. The maximum absolute atomic E-state index is 6.98. The van der Waals surface area contributed by atoms with Crippen LogP contribution >= 0.6 is 0 Å². The highest BCUT2D eigenvalue weighted by molar-refractivity contribution is 6.04. The highest BCUT2D eigenvalue weighted by atomic mass is 16.3. The molecule has 8 aromatic carbocycles. The molecule has 0 amide bonds. The molecule has 284 valence electrons. The Morgan fingerprint density at radius 3 is 1.80 bits per heavy atom. The van der Waals surface area contributed by atoms with Gasteiger partial charge >= 0.3 is 0 Å². The van der Waals surface area contributed by atoms with Gasteiger partial charge in [-0.1, -0.05) is 159 Å². The highest BCUT2D eigenvalue weighted by Gasteiger charge is 2.53. The Morgan fingerprint density at radius 1 is 0.467 bits per heavy atom. The van der Waals surface area contributed by atoms with E-state index < -0.39 is 5.41 Å². The van der Waals surface area contributed by atoms with Gasteiger partial charge < -0.3 is 9.32 Å². The zero-order chi connectivity index (χ0) is 39.7. The van der Waals surface area contributed by atoms with Crippen molar-refractivity contribution in [1.29, 1.82) is 0 Å². The minimum absolute atomic E-state index is 0.122. The average molecular weight is 768 g/mol.